The number of benzene rings is 3. The van der Waals surface area contributed by atoms with E-state index in [-0.39, 0.29) is 23.8 Å². The van der Waals surface area contributed by atoms with Gasteiger partial charge in [-0.05, 0) is 68.6 Å². The first-order chi connectivity index (χ1) is 21.9. The number of hydrazine groups is 1. The van der Waals surface area contributed by atoms with Gasteiger partial charge in [0, 0.05) is 30.6 Å². The van der Waals surface area contributed by atoms with E-state index in [2.05, 4.69) is 34.6 Å². The third kappa shape index (κ3) is 6.52. The van der Waals surface area contributed by atoms with E-state index in [1.54, 1.807) is 0 Å². The maximum absolute atomic E-state index is 14.0. The number of carbonyl (C=O) groups excluding carboxylic acids is 2. The smallest absolute Gasteiger partial charge is 0.325 e. The minimum atomic E-state index is -1.01. The lowest BCUT2D eigenvalue weighted by Gasteiger charge is -2.44. The Labute approximate surface area is 264 Å². The predicted molar refractivity (Wildman–Crippen MR) is 171 cm³/mol. The van der Waals surface area contributed by atoms with E-state index >= 15 is 0 Å². The molecule has 3 aromatic carbocycles. The van der Waals surface area contributed by atoms with E-state index in [0.717, 1.165) is 50.1 Å². The number of ether oxygens (including phenoxy) is 1. The van der Waals surface area contributed by atoms with Gasteiger partial charge in [-0.2, -0.15) is 0 Å². The molecule has 0 bridgehead atoms. The van der Waals surface area contributed by atoms with Crippen molar-refractivity contribution in [2.45, 2.75) is 42.6 Å². The summed E-state index contributed by atoms with van der Waals surface area (Å²) < 4.78 is 5.37. The Morgan fingerprint density at radius 3 is 2.07 bits per heavy atom. The summed E-state index contributed by atoms with van der Waals surface area (Å²) in [6.07, 6.45) is 3.07. The first-order valence-electron chi connectivity index (χ1n) is 16.0. The molecule has 3 fully saturated rings. The van der Waals surface area contributed by atoms with E-state index in [4.69, 9.17) is 4.74 Å². The normalized spacial score (nSPS) is 23.8. The summed E-state index contributed by atoms with van der Waals surface area (Å²) in [5.41, 5.74) is 5.02. The Kier molecular flexibility index (Phi) is 9.30. The average Bonchev–Trinajstić information content (AvgIpc) is 3.54. The molecule has 3 aromatic rings. The zero-order valence-corrected chi connectivity index (χ0v) is 25.6. The van der Waals surface area contributed by atoms with Gasteiger partial charge < -0.3 is 19.6 Å². The molecule has 2 amide bonds. The number of aliphatic carboxylic acids is 1. The number of morpholine rings is 1. The van der Waals surface area contributed by atoms with Gasteiger partial charge >= 0.3 is 5.97 Å². The molecule has 45 heavy (non-hydrogen) atoms. The van der Waals surface area contributed by atoms with Crippen LogP contribution in [0, 0.1) is 0 Å². The van der Waals surface area contributed by atoms with Gasteiger partial charge in [0.15, 0.2) is 0 Å². The third-order valence-corrected chi connectivity index (χ3v) is 10.1. The molecule has 0 spiro atoms. The molecule has 2 atom stereocenters. The lowest BCUT2D eigenvalue weighted by atomic mass is 9.71. The Hall–Kier alpha value is -4.05. The fourth-order valence-electron chi connectivity index (χ4n) is 7.30. The number of amides is 2. The minimum absolute atomic E-state index is 0.0409. The topological polar surface area (TPSA) is 102 Å². The van der Waals surface area contributed by atoms with E-state index in [9.17, 15) is 19.5 Å². The van der Waals surface area contributed by atoms with Gasteiger partial charge in [-0.3, -0.25) is 19.8 Å². The van der Waals surface area contributed by atoms with Crippen LogP contribution in [0.1, 0.15) is 47.2 Å². The van der Waals surface area contributed by atoms with Gasteiger partial charge in [0.05, 0.1) is 18.6 Å². The average molecular weight is 611 g/mol. The predicted octanol–water partition coefficient (Wildman–Crippen LogP) is 3.71. The Bertz CT molecular complexity index is 1460. The number of carboxylic acid groups (broad SMARTS) is 1. The largest absolute Gasteiger partial charge is 0.480 e. The molecule has 6 rings (SSSR count). The molecule has 3 heterocycles. The molecule has 9 nitrogen and oxygen atoms in total. The van der Waals surface area contributed by atoms with Crippen LogP contribution in [0.3, 0.4) is 0 Å². The SMILES string of the molecule is O=C(O)C1COCCN1NC(=O)C1(c2ccccc2)CCN(CCC2(c3ccccc3)CCN(C(=O)c3ccccc3)C2)CC1. The summed E-state index contributed by atoms with van der Waals surface area (Å²) in [7, 11) is 0. The second-order valence-electron chi connectivity index (χ2n) is 12.6. The van der Waals surface area contributed by atoms with Crippen molar-refractivity contribution < 1.29 is 24.2 Å². The molecule has 0 aliphatic carbocycles. The van der Waals surface area contributed by atoms with E-state index < -0.39 is 17.4 Å². The Morgan fingerprint density at radius 2 is 1.42 bits per heavy atom. The van der Waals surface area contributed by atoms with Crippen molar-refractivity contribution >= 4 is 17.8 Å². The van der Waals surface area contributed by atoms with E-state index in [0.29, 0.717) is 32.5 Å². The molecule has 236 valence electrons. The first-order valence-corrected chi connectivity index (χ1v) is 16.0. The molecule has 0 radical (unpaired) electrons. The zero-order valence-electron chi connectivity index (χ0n) is 25.6. The number of carboxylic acids is 1. The van der Waals surface area contributed by atoms with Crippen molar-refractivity contribution in [3.8, 4) is 0 Å². The highest BCUT2D eigenvalue weighted by molar-refractivity contribution is 5.94. The number of hydrogen-bond acceptors (Lipinski definition) is 6. The summed E-state index contributed by atoms with van der Waals surface area (Å²) in [6, 6.07) is 29.0. The van der Waals surface area contributed by atoms with Crippen molar-refractivity contribution in [2.24, 2.45) is 0 Å². The van der Waals surface area contributed by atoms with E-state index in [1.807, 2.05) is 71.6 Å². The van der Waals surface area contributed by atoms with Crippen LogP contribution in [-0.4, -0.2) is 96.2 Å². The number of hydrogen-bond donors (Lipinski definition) is 2. The minimum Gasteiger partial charge on any atom is -0.480 e. The summed E-state index contributed by atoms with van der Waals surface area (Å²) in [5.74, 6) is -1.09. The van der Waals surface area contributed by atoms with E-state index in [1.165, 1.54) is 10.6 Å². The second-order valence-corrected chi connectivity index (χ2v) is 12.6. The standard InChI is InChI=1S/C36H42N4O5/c41-32(28-10-4-1-5-11-28)39-23-17-35(27-39,29-12-6-2-7-13-29)16-20-38-21-18-36(19-22-38,30-14-8-3-9-15-30)34(44)37-40-24-25-45-26-31(40)33(42)43/h1-15,31H,16-27H2,(H,37,44)(H,42,43). The van der Waals surface area contributed by atoms with Gasteiger partial charge in [-0.15, -0.1) is 0 Å². The number of nitrogens with one attached hydrogen (secondary N) is 1. The van der Waals surface area contributed by atoms with Crippen LogP contribution < -0.4 is 5.43 Å². The third-order valence-electron chi connectivity index (χ3n) is 10.1. The van der Waals surface area contributed by atoms with Crippen LogP contribution in [0.5, 0.6) is 0 Å². The van der Waals surface area contributed by atoms with Crippen molar-refractivity contribution in [3.05, 3.63) is 108 Å². The van der Waals surface area contributed by atoms with Gasteiger partial charge in [-0.1, -0.05) is 78.9 Å². The molecule has 9 heteroatoms. The van der Waals surface area contributed by atoms with Crippen LogP contribution in [0.15, 0.2) is 91.0 Å². The lowest BCUT2D eigenvalue weighted by molar-refractivity contribution is -0.156. The maximum Gasteiger partial charge on any atom is 0.325 e. The van der Waals surface area contributed by atoms with Crippen molar-refractivity contribution in [2.75, 3.05) is 52.5 Å². The zero-order chi connectivity index (χ0) is 31.3. The molecule has 0 aromatic heterocycles. The fourth-order valence-corrected chi connectivity index (χ4v) is 7.30. The summed E-state index contributed by atoms with van der Waals surface area (Å²) in [5, 5.41) is 11.2. The molecule has 0 saturated carbocycles. The summed E-state index contributed by atoms with van der Waals surface area (Å²) >= 11 is 0. The van der Waals surface area contributed by atoms with Crippen molar-refractivity contribution in [3.63, 3.8) is 0 Å². The Morgan fingerprint density at radius 1 is 0.800 bits per heavy atom. The number of rotatable bonds is 9. The summed E-state index contributed by atoms with van der Waals surface area (Å²) in [6.45, 7) is 4.48. The Balaban J connectivity index is 1.16. The highest BCUT2D eigenvalue weighted by Gasteiger charge is 2.46. The van der Waals surface area contributed by atoms with Gasteiger partial charge in [0.25, 0.3) is 5.91 Å². The number of piperidine rings is 1. The van der Waals surface area contributed by atoms with Gasteiger partial charge in [-0.25, -0.2) is 5.01 Å². The highest BCUT2D eigenvalue weighted by atomic mass is 16.5. The van der Waals surface area contributed by atoms with Crippen molar-refractivity contribution in [1.82, 2.24) is 20.2 Å². The van der Waals surface area contributed by atoms with Crippen LogP contribution in [0.25, 0.3) is 0 Å². The number of likely N-dealkylation sites (tertiary alicyclic amines) is 2. The molecular formula is C36H42N4O5. The van der Waals surface area contributed by atoms with Crippen LogP contribution in [0.4, 0.5) is 0 Å². The van der Waals surface area contributed by atoms with Crippen molar-refractivity contribution in [1.29, 1.82) is 0 Å². The monoisotopic (exact) mass is 610 g/mol. The molecule has 3 aliphatic rings. The summed E-state index contributed by atoms with van der Waals surface area (Å²) in [4.78, 5) is 43.7. The molecular weight excluding hydrogens is 568 g/mol. The van der Waals surface area contributed by atoms with Crippen LogP contribution in [-0.2, 0) is 25.2 Å². The quantitative estimate of drug-likeness (QED) is 0.381. The van der Waals surface area contributed by atoms with Gasteiger partial charge in [0.2, 0.25) is 5.91 Å². The number of carbonyl (C=O) groups is 3. The molecule has 3 aliphatic heterocycles. The van der Waals surface area contributed by atoms with Gasteiger partial charge in [0.1, 0.15) is 6.04 Å². The van der Waals surface area contributed by atoms with Crippen LogP contribution in [0.2, 0.25) is 0 Å². The second kappa shape index (κ2) is 13.5. The maximum atomic E-state index is 14.0. The highest BCUT2D eigenvalue weighted by Crippen LogP contribution is 2.40. The molecule has 2 N–H and O–H groups in total. The number of nitrogens with zero attached hydrogens (tertiary/aromatic N) is 3. The molecule has 3 saturated heterocycles. The fraction of sp³-hybridized carbons (Fsp3) is 0.417. The first kappa shape index (κ1) is 31.0. The lowest BCUT2D eigenvalue weighted by Crippen LogP contribution is -2.62. The van der Waals surface area contributed by atoms with Crippen LogP contribution >= 0.6 is 0 Å². The molecule has 2 unspecified atom stereocenters.